The predicted octanol–water partition coefficient (Wildman–Crippen LogP) is 4.00. The lowest BCUT2D eigenvalue weighted by Gasteiger charge is -2.19. The average Bonchev–Trinajstić information content (AvgIpc) is 3.34. The number of aliphatic imine (C=N–C) groups is 1. The molecule has 6 nitrogen and oxygen atoms in total. The molecule has 0 radical (unpaired) electrons. The molecule has 1 aromatic carbocycles. The lowest BCUT2D eigenvalue weighted by atomic mass is 10.1. The van der Waals surface area contributed by atoms with Crippen molar-refractivity contribution in [2.45, 2.75) is 39.7 Å². The fourth-order valence-corrected chi connectivity index (χ4v) is 3.29. The van der Waals surface area contributed by atoms with Crippen LogP contribution in [0.25, 0.3) is 0 Å². The molecule has 2 aromatic rings. The lowest BCUT2D eigenvalue weighted by Crippen LogP contribution is -2.40. The van der Waals surface area contributed by atoms with E-state index in [0.717, 1.165) is 43.6 Å². The van der Waals surface area contributed by atoms with Gasteiger partial charge in [-0.15, -0.1) is 24.0 Å². The van der Waals surface area contributed by atoms with E-state index in [1.165, 1.54) is 12.1 Å². The van der Waals surface area contributed by atoms with Crippen LogP contribution in [-0.4, -0.2) is 37.3 Å². The highest BCUT2D eigenvalue weighted by Crippen LogP contribution is 2.23. The molecule has 0 amide bonds. The van der Waals surface area contributed by atoms with Gasteiger partial charge in [0.1, 0.15) is 6.54 Å². The molecule has 0 spiro atoms. The molecule has 1 atom stereocenters. The Morgan fingerprint density at radius 3 is 2.75 bits per heavy atom. The van der Waals surface area contributed by atoms with E-state index in [1.54, 1.807) is 0 Å². The SMILES string of the molecule is CCNC(=NCc1cc(C(C)C)no1)NCC1CCN(c2ccccc2)C1.I. The number of halogens is 1. The first-order chi connectivity index (χ1) is 13.2. The Kier molecular flexibility index (Phi) is 9.08. The largest absolute Gasteiger partial charge is 0.371 e. The maximum Gasteiger partial charge on any atom is 0.191 e. The fraction of sp³-hybridized carbons (Fsp3) is 0.524. The Hall–Kier alpha value is -1.77. The second-order valence-electron chi connectivity index (χ2n) is 7.39. The zero-order valence-corrected chi connectivity index (χ0v) is 19.3. The van der Waals surface area contributed by atoms with E-state index >= 15 is 0 Å². The van der Waals surface area contributed by atoms with E-state index in [0.29, 0.717) is 18.4 Å². The summed E-state index contributed by atoms with van der Waals surface area (Å²) in [6, 6.07) is 12.6. The van der Waals surface area contributed by atoms with E-state index < -0.39 is 0 Å². The molecule has 2 N–H and O–H groups in total. The van der Waals surface area contributed by atoms with Gasteiger partial charge in [0.15, 0.2) is 11.7 Å². The molecule has 7 heteroatoms. The Morgan fingerprint density at radius 1 is 1.29 bits per heavy atom. The number of hydrogen-bond acceptors (Lipinski definition) is 4. The maximum atomic E-state index is 5.38. The Bertz CT molecular complexity index is 731. The number of aromatic nitrogens is 1. The summed E-state index contributed by atoms with van der Waals surface area (Å²) in [5.74, 6) is 2.62. The number of anilines is 1. The molecule has 1 unspecified atom stereocenters. The zero-order valence-electron chi connectivity index (χ0n) is 17.0. The topological polar surface area (TPSA) is 65.7 Å². The summed E-state index contributed by atoms with van der Waals surface area (Å²) in [6.07, 6.45) is 1.20. The molecule has 0 saturated carbocycles. The molecule has 0 aliphatic carbocycles. The quantitative estimate of drug-likeness (QED) is 0.344. The standard InChI is InChI=1S/C21H31N5O.HI/c1-4-22-21(24-14-19-12-20(16(2)3)25-27-19)23-13-17-10-11-26(15-17)18-8-6-5-7-9-18;/h5-9,12,16-17H,4,10-11,13-15H2,1-3H3,(H2,22,23,24);1H. The van der Waals surface area contributed by atoms with Crippen molar-refractivity contribution >= 4 is 35.6 Å². The molecule has 2 heterocycles. The Balaban J connectivity index is 0.00000280. The van der Waals surface area contributed by atoms with E-state index in [-0.39, 0.29) is 24.0 Å². The summed E-state index contributed by atoms with van der Waals surface area (Å²) in [5.41, 5.74) is 2.29. The normalized spacial score (nSPS) is 16.9. The van der Waals surface area contributed by atoms with Crippen molar-refractivity contribution in [1.82, 2.24) is 15.8 Å². The molecule has 1 aliphatic heterocycles. The van der Waals surface area contributed by atoms with Gasteiger partial charge in [0.25, 0.3) is 0 Å². The van der Waals surface area contributed by atoms with Gasteiger partial charge in [0.2, 0.25) is 0 Å². The zero-order chi connectivity index (χ0) is 19.1. The minimum absolute atomic E-state index is 0. The molecular weight excluding hydrogens is 465 g/mol. The highest BCUT2D eigenvalue weighted by Gasteiger charge is 2.22. The first-order valence-electron chi connectivity index (χ1n) is 9.93. The lowest BCUT2D eigenvalue weighted by molar-refractivity contribution is 0.376. The monoisotopic (exact) mass is 497 g/mol. The van der Waals surface area contributed by atoms with Crippen LogP contribution in [0, 0.1) is 5.92 Å². The van der Waals surface area contributed by atoms with Crippen molar-refractivity contribution in [2.24, 2.45) is 10.9 Å². The summed E-state index contributed by atoms with van der Waals surface area (Å²) >= 11 is 0. The fourth-order valence-electron chi connectivity index (χ4n) is 3.29. The van der Waals surface area contributed by atoms with Crippen molar-refractivity contribution in [3.05, 3.63) is 47.9 Å². The Morgan fingerprint density at radius 2 is 2.07 bits per heavy atom. The third-order valence-electron chi connectivity index (χ3n) is 4.87. The molecule has 1 aliphatic rings. The van der Waals surface area contributed by atoms with Crippen LogP contribution in [-0.2, 0) is 6.54 Å². The number of para-hydroxylation sites is 1. The van der Waals surface area contributed by atoms with Gasteiger partial charge in [-0.1, -0.05) is 37.2 Å². The summed E-state index contributed by atoms with van der Waals surface area (Å²) in [7, 11) is 0. The van der Waals surface area contributed by atoms with Gasteiger partial charge in [-0.25, -0.2) is 4.99 Å². The van der Waals surface area contributed by atoms with Crippen LogP contribution < -0.4 is 15.5 Å². The first kappa shape index (κ1) is 22.5. The van der Waals surface area contributed by atoms with Gasteiger partial charge in [0.05, 0.1) is 5.69 Å². The van der Waals surface area contributed by atoms with Gasteiger partial charge < -0.3 is 20.1 Å². The van der Waals surface area contributed by atoms with Gasteiger partial charge in [-0.3, -0.25) is 0 Å². The number of nitrogens with one attached hydrogen (secondary N) is 2. The van der Waals surface area contributed by atoms with Crippen LogP contribution in [0.4, 0.5) is 5.69 Å². The van der Waals surface area contributed by atoms with E-state index in [2.05, 4.69) is 76.8 Å². The highest BCUT2D eigenvalue weighted by molar-refractivity contribution is 14.0. The van der Waals surface area contributed by atoms with Crippen LogP contribution in [0.5, 0.6) is 0 Å². The molecule has 1 fully saturated rings. The van der Waals surface area contributed by atoms with Gasteiger partial charge >= 0.3 is 0 Å². The summed E-state index contributed by atoms with van der Waals surface area (Å²) in [5, 5.41) is 10.9. The molecular formula is C21H32IN5O. The Labute approximate surface area is 185 Å². The summed E-state index contributed by atoms with van der Waals surface area (Å²) in [6.45, 7) is 10.7. The summed E-state index contributed by atoms with van der Waals surface area (Å²) < 4.78 is 5.38. The number of nitrogens with zero attached hydrogens (tertiary/aromatic N) is 3. The molecule has 3 rings (SSSR count). The molecule has 1 aromatic heterocycles. The second kappa shape index (κ2) is 11.3. The van der Waals surface area contributed by atoms with Crippen molar-refractivity contribution in [3.63, 3.8) is 0 Å². The first-order valence-corrected chi connectivity index (χ1v) is 9.93. The third-order valence-corrected chi connectivity index (χ3v) is 4.87. The van der Waals surface area contributed by atoms with Crippen LogP contribution in [0.1, 0.15) is 44.6 Å². The third kappa shape index (κ3) is 6.39. The molecule has 154 valence electrons. The highest BCUT2D eigenvalue weighted by atomic mass is 127. The minimum atomic E-state index is 0. The van der Waals surface area contributed by atoms with Crippen LogP contribution in [0.2, 0.25) is 0 Å². The molecule has 1 saturated heterocycles. The van der Waals surface area contributed by atoms with E-state index in [4.69, 9.17) is 4.52 Å². The number of benzene rings is 1. The van der Waals surface area contributed by atoms with Crippen molar-refractivity contribution in [1.29, 1.82) is 0 Å². The molecule has 0 bridgehead atoms. The van der Waals surface area contributed by atoms with Crippen LogP contribution in [0.3, 0.4) is 0 Å². The predicted molar refractivity (Wildman–Crippen MR) is 126 cm³/mol. The van der Waals surface area contributed by atoms with Gasteiger partial charge in [-0.2, -0.15) is 0 Å². The van der Waals surface area contributed by atoms with Crippen LogP contribution >= 0.6 is 24.0 Å². The minimum Gasteiger partial charge on any atom is -0.371 e. The van der Waals surface area contributed by atoms with Gasteiger partial charge in [0, 0.05) is 37.9 Å². The van der Waals surface area contributed by atoms with Gasteiger partial charge in [-0.05, 0) is 37.3 Å². The smallest absolute Gasteiger partial charge is 0.191 e. The second-order valence-corrected chi connectivity index (χ2v) is 7.39. The molecule has 28 heavy (non-hydrogen) atoms. The van der Waals surface area contributed by atoms with E-state index in [1.807, 2.05) is 6.07 Å². The van der Waals surface area contributed by atoms with Crippen molar-refractivity contribution in [3.8, 4) is 0 Å². The number of rotatable bonds is 7. The maximum absolute atomic E-state index is 5.38. The van der Waals surface area contributed by atoms with Crippen molar-refractivity contribution < 1.29 is 4.52 Å². The summed E-state index contributed by atoms with van der Waals surface area (Å²) in [4.78, 5) is 7.10. The van der Waals surface area contributed by atoms with Crippen molar-refractivity contribution in [2.75, 3.05) is 31.1 Å². The average molecular weight is 497 g/mol. The number of hydrogen-bond donors (Lipinski definition) is 2. The van der Waals surface area contributed by atoms with Crippen LogP contribution in [0.15, 0.2) is 45.9 Å². The number of guanidine groups is 1. The van der Waals surface area contributed by atoms with E-state index in [9.17, 15) is 0 Å².